The van der Waals surface area contributed by atoms with Gasteiger partial charge in [0.1, 0.15) is 5.82 Å². The van der Waals surface area contributed by atoms with Crippen molar-refractivity contribution in [2.45, 2.75) is 25.1 Å². The number of rotatable bonds is 4. The molecular weight excluding hydrogens is 308 g/mol. The van der Waals surface area contributed by atoms with Crippen molar-refractivity contribution in [1.82, 2.24) is 10.2 Å². The summed E-state index contributed by atoms with van der Waals surface area (Å²) in [6.07, 6.45) is -5.17. The van der Waals surface area contributed by atoms with Crippen molar-refractivity contribution in [2.24, 2.45) is 0 Å². The van der Waals surface area contributed by atoms with E-state index in [2.05, 4.69) is 5.32 Å². The summed E-state index contributed by atoms with van der Waals surface area (Å²) < 4.78 is 51.1. The minimum absolute atomic E-state index is 0.0198. The van der Waals surface area contributed by atoms with Gasteiger partial charge >= 0.3 is 6.18 Å². The van der Waals surface area contributed by atoms with Gasteiger partial charge in [0, 0.05) is 38.6 Å². The Morgan fingerprint density at radius 3 is 2.48 bits per heavy atom. The van der Waals surface area contributed by atoms with Crippen molar-refractivity contribution in [3.05, 3.63) is 34.6 Å². The zero-order chi connectivity index (χ0) is 15.5. The van der Waals surface area contributed by atoms with E-state index in [9.17, 15) is 17.6 Å². The molecule has 1 saturated heterocycles. The number of nitrogens with zero attached hydrogens (tertiary/aromatic N) is 1. The molecule has 2 rings (SSSR count). The second-order valence-corrected chi connectivity index (χ2v) is 5.54. The van der Waals surface area contributed by atoms with E-state index in [1.807, 2.05) is 4.90 Å². The Balaban J connectivity index is 2.18. The standard InChI is InChI=1S/C14H17ClF4N2/c15-11-2-1-10(9-12(11)16)13(3-4-14(17,18)19)21-7-5-20-6-8-21/h1-2,9,13,20H,3-8H2/t13-/m0/s1. The topological polar surface area (TPSA) is 15.3 Å². The number of benzene rings is 1. The first-order chi connectivity index (χ1) is 9.87. The summed E-state index contributed by atoms with van der Waals surface area (Å²) in [5, 5.41) is 3.14. The lowest BCUT2D eigenvalue weighted by Gasteiger charge is -2.35. The van der Waals surface area contributed by atoms with E-state index in [-0.39, 0.29) is 11.4 Å². The third kappa shape index (κ3) is 4.83. The molecule has 118 valence electrons. The Hall–Kier alpha value is -0.850. The largest absolute Gasteiger partial charge is 0.389 e. The summed E-state index contributed by atoms with van der Waals surface area (Å²) in [6.45, 7) is 2.73. The predicted molar refractivity (Wildman–Crippen MR) is 73.9 cm³/mol. The van der Waals surface area contributed by atoms with E-state index < -0.39 is 24.5 Å². The van der Waals surface area contributed by atoms with E-state index in [0.29, 0.717) is 18.7 Å². The molecule has 0 unspecified atom stereocenters. The van der Waals surface area contributed by atoms with Crippen molar-refractivity contribution in [2.75, 3.05) is 26.2 Å². The molecule has 1 aromatic carbocycles. The summed E-state index contributed by atoms with van der Waals surface area (Å²) in [6, 6.07) is 3.80. The van der Waals surface area contributed by atoms with Crippen LogP contribution in [-0.4, -0.2) is 37.3 Å². The van der Waals surface area contributed by atoms with Gasteiger partial charge in [-0.25, -0.2) is 4.39 Å². The predicted octanol–water partition coefficient (Wildman–Crippen LogP) is 3.77. The highest BCUT2D eigenvalue weighted by atomic mass is 35.5. The molecule has 0 bridgehead atoms. The highest BCUT2D eigenvalue weighted by molar-refractivity contribution is 6.30. The molecule has 0 spiro atoms. The van der Waals surface area contributed by atoms with Crippen LogP contribution in [0, 0.1) is 5.82 Å². The molecule has 0 aromatic heterocycles. The van der Waals surface area contributed by atoms with Gasteiger partial charge in [0.05, 0.1) is 5.02 Å². The molecule has 7 heteroatoms. The molecule has 1 aromatic rings. The van der Waals surface area contributed by atoms with Gasteiger partial charge in [-0.2, -0.15) is 13.2 Å². The lowest BCUT2D eigenvalue weighted by molar-refractivity contribution is -0.138. The van der Waals surface area contributed by atoms with E-state index in [0.717, 1.165) is 13.1 Å². The van der Waals surface area contributed by atoms with Gasteiger partial charge < -0.3 is 5.32 Å². The lowest BCUT2D eigenvalue weighted by Crippen LogP contribution is -2.45. The first-order valence-electron chi connectivity index (χ1n) is 6.83. The number of halogens is 5. The Bertz CT molecular complexity index is 473. The highest BCUT2D eigenvalue weighted by Gasteiger charge is 2.31. The molecular formula is C14H17ClF4N2. The van der Waals surface area contributed by atoms with E-state index in [1.165, 1.54) is 12.1 Å². The van der Waals surface area contributed by atoms with Gasteiger partial charge in [-0.1, -0.05) is 17.7 Å². The summed E-state index contributed by atoms with van der Waals surface area (Å²) >= 11 is 5.64. The monoisotopic (exact) mass is 324 g/mol. The van der Waals surface area contributed by atoms with Crippen molar-refractivity contribution in [3.8, 4) is 0 Å². The van der Waals surface area contributed by atoms with Gasteiger partial charge in [0.25, 0.3) is 0 Å². The third-order valence-corrected chi connectivity index (χ3v) is 3.93. The van der Waals surface area contributed by atoms with Crippen molar-refractivity contribution in [3.63, 3.8) is 0 Å². The Kier molecular flexibility index (Phi) is 5.46. The molecule has 1 aliphatic rings. The van der Waals surface area contributed by atoms with E-state index in [4.69, 9.17) is 11.6 Å². The average molecular weight is 325 g/mol. The number of hydrogen-bond donors (Lipinski definition) is 1. The normalized spacial score (nSPS) is 18.7. The molecule has 0 amide bonds. The lowest BCUT2D eigenvalue weighted by atomic mass is 9.99. The van der Waals surface area contributed by atoms with Crippen LogP contribution in [0.1, 0.15) is 24.4 Å². The van der Waals surface area contributed by atoms with Crippen LogP contribution >= 0.6 is 11.6 Å². The zero-order valence-electron chi connectivity index (χ0n) is 11.4. The molecule has 1 aliphatic heterocycles. The minimum Gasteiger partial charge on any atom is -0.314 e. The number of alkyl halides is 3. The van der Waals surface area contributed by atoms with Gasteiger partial charge in [0.15, 0.2) is 0 Å². The third-order valence-electron chi connectivity index (χ3n) is 3.62. The second-order valence-electron chi connectivity index (χ2n) is 5.13. The Labute approximate surface area is 126 Å². The molecule has 0 saturated carbocycles. The molecule has 1 atom stereocenters. The zero-order valence-corrected chi connectivity index (χ0v) is 12.1. The van der Waals surface area contributed by atoms with Crippen LogP contribution in [0.5, 0.6) is 0 Å². The van der Waals surface area contributed by atoms with Crippen LogP contribution in [0.2, 0.25) is 5.02 Å². The molecule has 0 radical (unpaired) electrons. The van der Waals surface area contributed by atoms with Crippen LogP contribution in [0.25, 0.3) is 0 Å². The quantitative estimate of drug-likeness (QED) is 0.848. The molecule has 0 aliphatic carbocycles. The molecule has 1 heterocycles. The maximum atomic E-state index is 13.6. The van der Waals surface area contributed by atoms with Gasteiger partial charge in [-0.3, -0.25) is 4.90 Å². The fourth-order valence-corrected chi connectivity index (χ4v) is 2.69. The first kappa shape index (κ1) is 16.5. The Morgan fingerprint density at radius 2 is 1.90 bits per heavy atom. The van der Waals surface area contributed by atoms with Crippen LogP contribution in [-0.2, 0) is 0 Å². The van der Waals surface area contributed by atoms with Crippen molar-refractivity contribution < 1.29 is 17.6 Å². The second kappa shape index (κ2) is 6.94. The van der Waals surface area contributed by atoms with Crippen LogP contribution < -0.4 is 5.32 Å². The maximum Gasteiger partial charge on any atom is 0.389 e. The maximum absolute atomic E-state index is 13.6. The molecule has 1 fully saturated rings. The molecule has 2 nitrogen and oxygen atoms in total. The number of nitrogens with one attached hydrogen (secondary N) is 1. The SMILES string of the molecule is Fc1cc([C@H](CCC(F)(F)F)N2CCNCC2)ccc1Cl. The van der Waals surface area contributed by atoms with E-state index >= 15 is 0 Å². The van der Waals surface area contributed by atoms with Crippen LogP contribution in [0.3, 0.4) is 0 Å². The van der Waals surface area contributed by atoms with E-state index in [1.54, 1.807) is 6.07 Å². The summed E-state index contributed by atoms with van der Waals surface area (Å²) in [7, 11) is 0. The molecule has 1 N–H and O–H groups in total. The van der Waals surface area contributed by atoms with Crippen LogP contribution in [0.15, 0.2) is 18.2 Å². The fraction of sp³-hybridized carbons (Fsp3) is 0.571. The first-order valence-corrected chi connectivity index (χ1v) is 7.21. The smallest absolute Gasteiger partial charge is 0.314 e. The van der Waals surface area contributed by atoms with Gasteiger partial charge in [-0.15, -0.1) is 0 Å². The summed E-state index contributed by atoms with van der Waals surface area (Å²) in [4.78, 5) is 1.96. The van der Waals surface area contributed by atoms with Gasteiger partial charge in [0.2, 0.25) is 0 Å². The van der Waals surface area contributed by atoms with Crippen molar-refractivity contribution in [1.29, 1.82) is 0 Å². The van der Waals surface area contributed by atoms with Gasteiger partial charge in [-0.05, 0) is 24.1 Å². The molecule has 21 heavy (non-hydrogen) atoms. The highest BCUT2D eigenvalue weighted by Crippen LogP contribution is 2.32. The minimum atomic E-state index is -4.21. The summed E-state index contributed by atoms with van der Waals surface area (Å²) in [5.41, 5.74) is 0.544. The average Bonchev–Trinajstić information content (AvgIpc) is 2.43. The fourth-order valence-electron chi connectivity index (χ4n) is 2.57. The van der Waals surface area contributed by atoms with Crippen molar-refractivity contribution >= 4 is 11.6 Å². The summed E-state index contributed by atoms with van der Waals surface area (Å²) in [5.74, 6) is -0.596. The Morgan fingerprint density at radius 1 is 1.24 bits per heavy atom. The number of piperazine rings is 1. The van der Waals surface area contributed by atoms with Crippen LogP contribution in [0.4, 0.5) is 17.6 Å². The number of hydrogen-bond acceptors (Lipinski definition) is 2.